The molecule has 0 spiro atoms. The molecule has 0 aliphatic rings. The molecule has 2 heteroatoms. The van der Waals surface area contributed by atoms with Crippen LogP contribution in [0.25, 0.3) is 0 Å². The first-order valence-corrected chi connectivity index (χ1v) is 8.05. The van der Waals surface area contributed by atoms with Gasteiger partial charge in [0.2, 0.25) is 0 Å². The smallest absolute Gasteiger partial charge is 0.0499 e. The summed E-state index contributed by atoms with van der Waals surface area (Å²) in [6, 6.07) is 0. The SMILES string of the molecule is CCCCCCCCCCC(CN)(CO)CCC. The van der Waals surface area contributed by atoms with Crippen molar-refractivity contribution >= 4 is 0 Å². The van der Waals surface area contributed by atoms with Gasteiger partial charge in [-0.2, -0.15) is 0 Å². The van der Waals surface area contributed by atoms with Crippen LogP contribution in [-0.2, 0) is 0 Å². The zero-order chi connectivity index (χ0) is 13.7. The molecule has 0 aromatic heterocycles. The number of hydrogen-bond acceptors (Lipinski definition) is 2. The molecule has 110 valence electrons. The van der Waals surface area contributed by atoms with E-state index in [1.807, 2.05) is 0 Å². The van der Waals surface area contributed by atoms with E-state index in [9.17, 15) is 5.11 Å². The highest BCUT2D eigenvalue weighted by atomic mass is 16.3. The van der Waals surface area contributed by atoms with Crippen LogP contribution in [-0.4, -0.2) is 18.3 Å². The fraction of sp³-hybridized carbons (Fsp3) is 1.00. The fourth-order valence-corrected chi connectivity index (χ4v) is 2.72. The van der Waals surface area contributed by atoms with Gasteiger partial charge in [-0.25, -0.2) is 0 Å². The molecule has 1 atom stereocenters. The topological polar surface area (TPSA) is 46.2 Å². The van der Waals surface area contributed by atoms with E-state index >= 15 is 0 Å². The third kappa shape index (κ3) is 8.10. The van der Waals surface area contributed by atoms with Gasteiger partial charge in [-0.15, -0.1) is 0 Å². The maximum absolute atomic E-state index is 9.53. The monoisotopic (exact) mass is 257 g/mol. The lowest BCUT2D eigenvalue weighted by molar-refractivity contribution is 0.108. The Labute approximate surface area is 114 Å². The van der Waals surface area contributed by atoms with Crippen LogP contribution in [0.3, 0.4) is 0 Å². The van der Waals surface area contributed by atoms with Crippen molar-refractivity contribution < 1.29 is 5.11 Å². The number of aliphatic hydroxyl groups excluding tert-OH is 1. The molecule has 0 saturated heterocycles. The van der Waals surface area contributed by atoms with Gasteiger partial charge in [-0.3, -0.25) is 0 Å². The summed E-state index contributed by atoms with van der Waals surface area (Å²) in [6.45, 7) is 5.32. The molecule has 0 amide bonds. The number of unbranched alkanes of at least 4 members (excludes halogenated alkanes) is 7. The van der Waals surface area contributed by atoms with Crippen molar-refractivity contribution in [3.63, 3.8) is 0 Å². The Morgan fingerprint density at radius 2 is 1.33 bits per heavy atom. The molecule has 3 N–H and O–H groups in total. The van der Waals surface area contributed by atoms with Crippen molar-refractivity contribution in [3.8, 4) is 0 Å². The highest BCUT2D eigenvalue weighted by Crippen LogP contribution is 2.29. The third-order valence-electron chi connectivity index (χ3n) is 4.11. The highest BCUT2D eigenvalue weighted by molar-refractivity contribution is 4.79. The molecule has 0 heterocycles. The second kappa shape index (κ2) is 12.0. The standard InChI is InChI=1S/C16H35NO/c1-3-5-6-7-8-9-10-11-13-16(14-17,15-18)12-4-2/h18H,3-15,17H2,1-2H3. The molecule has 0 aliphatic carbocycles. The van der Waals surface area contributed by atoms with E-state index in [0.29, 0.717) is 6.54 Å². The van der Waals surface area contributed by atoms with E-state index in [4.69, 9.17) is 5.73 Å². The average molecular weight is 257 g/mol. The second-order valence-electron chi connectivity index (χ2n) is 5.84. The van der Waals surface area contributed by atoms with Crippen molar-refractivity contribution in [2.45, 2.75) is 84.5 Å². The first-order valence-electron chi connectivity index (χ1n) is 8.05. The Morgan fingerprint density at radius 3 is 1.78 bits per heavy atom. The summed E-state index contributed by atoms with van der Waals surface area (Å²) in [6.07, 6.45) is 14.0. The minimum atomic E-state index is 0.0109. The maximum Gasteiger partial charge on any atom is 0.0499 e. The Hall–Kier alpha value is -0.0800. The van der Waals surface area contributed by atoms with Crippen molar-refractivity contribution in [1.82, 2.24) is 0 Å². The van der Waals surface area contributed by atoms with Crippen molar-refractivity contribution in [3.05, 3.63) is 0 Å². The van der Waals surface area contributed by atoms with Crippen molar-refractivity contribution in [2.24, 2.45) is 11.1 Å². The summed E-state index contributed by atoms with van der Waals surface area (Å²) in [7, 11) is 0. The Balaban J connectivity index is 3.55. The molecule has 1 unspecified atom stereocenters. The van der Waals surface area contributed by atoms with Gasteiger partial charge >= 0.3 is 0 Å². The van der Waals surface area contributed by atoms with Crippen LogP contribution in [0, 0.1) is 5.41 Å². The molecule has 0 aromatic rings. The minimum Gasteiger partial charge on any atom is -0.396 e. The minimum absolute atomic E-state index is 0.0109. The summed E-state index contributed by atoms with van der Waals surface area (Å²) in [5.74, 6) is 0. The third-order valence-corrected chi connectivity index (χ3v) is 4.11. The number of hydrogen-bond donors (Lipinski definition) is 2. The number of nitrogens with two attached hydrogens (primary N) is 1. The van der Waals surface area contributed by atoms with Crippen LogP contribution in [0.4, 0.5) is 0 Å². The van der Waals surface area contributed by atoms with Crippen molar-refractivity contribution in [2.75, 3.05) is 13.2 Å². The van der Waals surface area contributed by atoms with Gasteiger partial charge < -0.3 is 10.8 Å². The van der Waals surface area contributed by atoms with Crippen LogP contribution in [0.5, 0.6) is 0 Å². The van der Waals surface area contributed by atoms with E-state index in [-0.39, 0.29) is 12.0 Å². The summed E-state index contributed by atoms with van der Waals surface area (Å²) in [5.41, 5.74) is 5.85. The average Bonchev–Trinajstić information content (AvgIpc) is 2.40. The molecule has 0 aliphatic heterocycles. The van der Waals surface area contributed by atoms with E-state index in [1.165, 1.54) is 51.4 Å². The van der Waals surface area contributed by atoms with Crippen LogP contribution in [0.1, 0.15) is 84.5 Å². The molecule has 0 rings (SSSR count). The fourth-order valence-electron chi connectivity index (χ4n) is 2.72. The molecule has 0 fully saturated rings. The van der Waals surface area contributed by atoms with Gasteiger partial charge in [0.15, 0.2) is 0 Å². The molecule has 18 heavy (non-hydrogen) atoms. The van der Waals surface area contributed by atoms with Crippen molar-refractivity contribution in [1.29, 1.82) is 0 Å². The molecular formula is C16H35NO. The molecular weight excluding hydrogens is 222 g/mol. The number of aliphatic hydroxyl groups is 1. The van der Waals surface area contributed by atoms with E-state index in [0.717, 1.165) is 19.3 Å². The predicted molar refractivity (Wildman–Crippen MR) is 80.7 cm³/mol. The summed E-state index contributed by atoms with van der Waals surface area (Å²) in [5, 5.41) is 9.53. The molecule has 0 aromatic carbocycles. The molecule has 0 saturated carbocycles. The van der Waals surface area contributed by atoms with Crippen LogP contribution in [0.15, 0.2) is 0 Å². The quantitative estimate of drug-likeness (QED) is 0.484. The zero-order valence-corrected chi connectivity index (χ0v) is 12.7. The molecule has 2 nitrogen and oxygen atoms in total. The number of rotatable bonds is 13. The van der Waals surface area contributed by atoms with Crippen LogP contribution in [0.2, 0.25) is 0 Å². The highest BCUT2D eigenvalue weighted by Gasteiger charge is 2.25. The summed E-state index contributed by atoms with van der Waals surface area (Å²) >= 11 is 0. The van der Waals surface area contributed by atoms with Gasteiger partial charge in [0, 0.05) is 18.6 Å². The lowest BCUT2D eigenvalue weighted by Crippen LogP contribution is -2.34. The second-order valence-corrected chi connectivity index (χ2v) is 5.84. The van der Waals surface area contributed by atoms with Gasteiger partial charge in [0.25, 0.3) is 0 Å². The first-order chi connectivity index (χ1) is 8.74. The molecule has 0 radical (unpaired) electrons. The van der Waals surface area contributed by atoms with Crippen LogP contribution < -0.4 is 5.73 Å². The largest absolute Gasteiger partial charge is 0.396 e. The van der Waals surface area contributed by atoms with E-state index < -0.39 is 0 Å². The summed E-state index contributed by atoms with van der Waals surface area (Å²) in [4.78, 5) is 0. The van der Waals surface area contributed by atoms with Crippen LogP contribution >= 0.6 is 0 Å². The van der Waals surface area contributed by atoms with Gasteiger partial charge in [-0.05, 0) is 12.8 Å². The Morgan fingerprint density at radius 1 is 0.778 bits per heavy atom. The first kappa shape index (κ1) is 17.9. The lowest BCUT2D eigenvalue weighted by atomic mass is 9.79. The Bertz CT molecular complexity index is 166. The normalized spacial score (nSPS) is 14.7. The zero-order valence-electron chi connectivity index (χ0n) is 12.7. The summed E-state index contributed by atoms with van der Waals surface area (Å²) < 4.78 is 0. The van der Waals surface area contributed by atoms with E-state index in [2.05, 4.69) is 13.8 Å². The van der Waals surface area contributed by atoms with E-state index in [1.54, 1.807) is 0 Å². The molecule has 0 bridgehead atoms. The predicted octanol–water partition coefficient (Wildman–Crippen LogP) is 4.25. The lowest BCUT2D eigenvalue weighted by Gasteiger charge is -2.30. The Kier molecular flexibility index (Phi) is 11.9. The van der Waals surface area contributed by atoms with Gasteiger partial charge in [0.1, 0.15) is 0 Å². The van der Waals surface area contributed by atoms with Gasteiger partial charge in [0.05, 0.1) is 0 Å². The maximum atomic E-state index is 9.53. The van der Waals surface area contributed by atoms with Gasteiger partial charge in [-0.1, -0.05) is 71.6 Å².